The van der Waals surface area contributed by atoms with Crippen LogP contribution in [0.1, 0.15) is 29.9 Å². The zero-order chi connectivity index (χ0) is 22.6. The number of fused-ring (bicyclic) bond motifs is 3. The first-order valence-corrected chi connectivity index (χ1v) is 11.8. The fourth-order valence-corrected chi connectivity index (χ4v) is 5.29. The lowest BCUT2D eigenvalue weighted by Gasteiger charge is -2.49. The van der Waals surface area contributed by atoms with E-state index in [1.54, 1.807) is 6.26 Å². The summed E-state index contributed by atoms with van der Waals surface area (Å²) in [5.41, 5.74) is 2.28. The van der Waals surface area contributed by atoms with E-state index in [1.165, 1.54) is 5.56 Å². The molecule has 0 radical (unpaired) electrons. The van der Waals surface area contributed by atoms with Crippen LogP contribution in [0.3, 0.4) is 0 Å². The van der Waals surface area contributed by atoms with E-state index in [1.807, 2.05) is 22.9 Å². The number of carbonyl (C=O) groups excluding carboxylic acids is 1. The van der Waals surface area contributed by atoms with Crippen molar-refractivity contribution >= 4 is 5.91 Å². The van der Waals surface area contributed by atoms with Crippen LogP contribution in [-0.2, 0) is 31.0 Å². The molecule has 8 nitrogen and oxygen atoms in total. The zero-order valence-electron chi connectivity index (χ0n) is 19.1. The molecule has 1 amide bonds. The summed E-state index contributed by atoms with van der Waals surface area (Å²) in [6, 6.07) is 14.6. The Kier molecular flexibility index (Phi) is 6.55. The van der Waals surface area contributed by atoms with Gasteiger partial charge in [0.05, 0.1) is 31.0 Å². The molecule has 1 N–H and O–H groups in total. The van der Waals surface area contributed by atoms with Gasteiger partial charge in [0, 0.05) is 31.9 Å². The maximum atomic E-state index is 12.8. The molecule has 2 aromatic heterocycles. The largest absolute Gasteiger partial charge is 0.467 e. The van der Waals surface area contributed by atoms with E-state index >= 15 is 0 Å². The summed E-state index contributed by atoms with van der Waals surface area (Å²) < 4.78 is 7.30. The minimum atomic E-state index is 0.0582. The molecule has 3 fully saturated rings. The molecule has 1 aromatic carbocycles. The smallest absolute Gasteiger partial charge is 0.225 e. The van der Waals surface area contributed by atoms with E-state index < -0.39 is 0 Å². The van der Waals surface area contributed by atoms with E-state index in [4.69, 9.17) is 4.42 Å². The van der Waals surface area contributed by atoms with E-state index in [0.29, 0.717) is 18.5 Å². The van der Waals surface area contributed by atoms with Crippen molar-refractivity contribution in [2.75, 3.05) is 20.1 Å². The lowest BCUT2D eigenvalue weighted by molar-refractivity contribution is -0.133. The first-order chi connectivity index (χ1) is 16.1. The molecule has 5 heterocycles. The van der Waals surface area contributed by atoms with E-state index in [-0.39, 0.29) is 11.8 Å². The molecule has 3 aliphatic heterocycles. The summed E-state index contributed by atoms with van der Waals surface area (Å²) in [5, 5.41) is 11.8. The van der Waals surface area contributed by atoms with Crippen LogP contribution in [0.15, 0.2) is 59.3 Å². The fraction of sp³-hybridized carbons (Fsp3) is 0.480. The van der Waals surface area contributed by atoms with Gasteiger partial charge in [-0.2, -0.15) is 0 Å². The Balaban J connectivity index is 1.12. The van der Waals surface area contributed by atoms with Gasteiger partial charge >= 0.3 is 0 Å². The van der Waals surface area contributed by atoms with E-state index in [9.17, 15) is 4.79 Å². The maximum Gasteiger partial charge on any atom is 0.225 e. The molecule has 3 saturated heterocycles. The summed E-state index contributed by atoms with van der Waals surface area (Å²) >= 11 is 0. The molecule has 8 heteroatoms. The van der Waals surface area contributed by atoms with Crippen LogP contribution in [0.4, 0.5) is 0 Å². The predicted octanol–water partition coefficient (Wildman–Crippen LogP) is 2.53. The van der Waals surface area contributed by atoms with Gasteiger partial charge in [0.15, 0.2) is 0 Å². The van der Waals surface area contributed by atoms with Crippen LogP contribution in [0, 0.1) is 11.8 Å². The van der Waals surface area contributed by atoms with Crippen molar-refractivity contribution in [3.63, 3.8) is 0 Å². The molecule has 2 bridgehead atoms. The second-order valence-electron chi connectivity index (χ2n) is 9.43. The molecule has 174 valence electrons. The highest BCUT2D eigenvalue weighted by atomic mass is 16.3. The zero-order valence-corrected chi connectivity index (χ0v) is 19.1. The highest BCUT2D eigenvalue weighted by molar-refractivity contribution is 5.79. The third kappa shape index (κ3) is 5.34. The van der Waals surface area contributed by atoms with Gasteiger partial charge in [-0.3, -0.25) is 19.3 Å². The van der Waals surface area contributed by atoms with Crippen molar-refractivity contribution in [3.05, 3.63) is 71.9 Å². The maximum absolute atomic E-state index is 12.8. The molecule has 6 rings (SSSR count). The average molecular weight is 449 g/mol. The summed E-state index contributed by atoms with van der Waals surface area (Å²) in [5.74, 6) is 1.42. The van der Waals surface area contributed by atoms with Gasteiger partial charge in [-0.25, -0.2) is 0 Å². The summed E-state index contributed by atoms with van der Waals surface area (Å²) in [7, 11) is 2.11. The Morgan fingerprint density at radius 1 is 1.21 bits per heavy atom. The molecule has 3 aromatic rings. The number of rotatable bonds is 9. The molecule has 0 aliphatic carbocycles. The molecule has 0 saturated carbocycles. The van der Waals surface area contributed by atoms with Crippen LogP contribution in [0.25, 0.3) is 0 Å². The number of furan rings is 1. The molecular weight excluding hydrogens is 416 g/mol. The Morgan fingerprint density at radius 2 is 2.09 bits per heavy atom. The van der Waals surface area contributed by atoms with Gasteiger partial charge in [-0.1, -0.05) is 35.5 Å². The number of nitrogens with zero attached hydrogens (tertiary/aromatic N) is 5. The predicted molar refractivity (Wildman–Crippen MR) is 124 cm³/mol. The van der Waals surface area contributed by atoms with Gasteiger partial charge in [-0.05, 0) is 50.0 Å². The number of hydrogen-bond donors (Lipinski definition) is 1. The highest BCUT2D eigenvalue weighted by Gasteiger charge is 2.43. The van der Waals surface area contributed by atoms with Crippen LogP contribution in [0.5, 0.6) is 0 Å². The lowest BCUT2D eigenvalue weighted by atomic mass is 9.75. The van der Waals surface area contributed by atoms with Crippen molar-refractivity contribution in [2.45, 2.75) is 45.1 Å². The molecule has 3 aliphatic rings. The van der Waals surface area contributed by atoms with Crippen molar-refractivity contribution in [3.8, 4) is 0 Å². The number of piperidine rings is 3. The van der Waals surface area contributed by atoms with Gasteiger partial charge in [0.25, 0.3) is 0 Å². The third-order valence-corrected chi connectivity index (χ3v) is 6.94. The topological polar surface area (TPSA) is 79.4 Å². The van der Waals surface area contributed by atoms with Crippen molar-refractivity contribution < 1.29 is 9.21 Å². The van der Waals surface area contributed by atoms with Crippen LogP contribution >= 0.6 is 0 Å². The minimum Gasteiger partial charge on any atom is -0.467 e. The van der Waals surface area contributed by atoms with E-state index in [2.05, 4.69) is 62.9 Å². The normalized spacial score (nSPS) is 24.3. The SMILES string of the molecule is CN(Cc1ccccc1)Cc1cn(C[C@H]2CC3CCN2C[C@@H]3C(=O)NCc2ccco2)nn1. The minimum absolute atomic E-state index is 0.0582. The van der Waals surface area contributed by atoms with Crippen molar-refractivity contribution in [1.82, 2.24) is 30.1 Å². The molecule has 33 heavy (non-hydrogen) atoms. The Hall–Kier alpha value is -2.97. The number of aromatic nitrogens is 3. The monoisotopic (exact) mass is 448 g/mol. The van der Waals surface area contributed by atoms with Gasteiger partial charge < -0.3 is 9.73 Å². The Bertz CT molecular complexity index is 1030. The summed E-state index contributed by atoms with van der Waals surface area (Å²) in [4.78, 5) is 17.5. The standard InChI is InChI=1S/C25H32N6O2/c1-29(14-19-6-3-2-4-7-19)15-21-16-31(28-27-21)17-22-12-20-9-10-30(22)18-24(20)25(32)26-13-23-8-5-11-33-23/h2-8,11,16,20,22,24H,9-10,12-15,17-18H2,1H3,(H,26,32)/t20?,22-,24+/m1/s1. The van der Waals surface area contributed by atoms with Crippen LogP contribution in [-0.4, -0.2) is 56.9 Å². The van der Waals surface area contributed by atoms with Gasteiger partial charge in [-0.15, -0.1) is 5.10 Å². The molecule has 4 atom stereocenters. The number of carbonyl (C=O) groups is 1. The first kappa shape index (κ1) is 21.9. The number of benzene rings is 1. The van der Waals surface area contributed by atoms with Crippen LogP contribution < -0.4 is 5.32 Å². The second kappa shape index (κ2) is 9.89. The molecule has 0 spiro atoms. The third-order valence-electron chi connectivity index (χ3n) is 6.94. The number of nitrogens with one attached hydrogen (secondary N) is 1. The average Bonchev–Trinajstić information content (AvgIpc) is 3.51. The highest BCUT2D eigenvalue weighted by Crippen LogP contribution is 2.37. The second-order valence-corrected chi connectivity index (χ2v) is 9.43. The van der Waals surface area contributed by atoms with E-state index in [0.717, 1.165) is 57.0 Å². The van der Waals surface area contributed by atoms with Gasteiger partial charge in [0.2, 0.25) is 5.91 Å². The molecule has 2 unspecified atom stereocenters. The molecular formula is C25H32N6O2. The first-order valence-electron chi connectivity index (χ1n) is 11.8. The summed E-state index contributed by atoms with van der Waals surface area (Å²) in [6.07, 6.45) is 5.82. The Morgan fingerprint density at radius 3 is 2.85 bits per heavy atom. The van der Waals surface area contributed by atoms with Crippen molar-refractivity contribution in [2.24, 2.45) is 11.8 Å². The number of amides is 1. The van der Waals surface area contributed by atoms with Crippen molar-refractivity contribution in [1.29, 1.82) is 0 Å². The lowest BCUT2D eigenvalue weighted by Crippen LogP contribution is -2.57. The Labute approximate surface area is 194 Å². The quantitative estimate of drug-likeness (QED) is 0.542. The fourth-order valence-electron chi connectivity index (χ4n) is 5.29. The number of hydrogen-bond acceptors (Lipinski definition) is 6. The van der Waals surface area contributed by atoms with Crippen LogP contribution in [0.2, 0.25) is 0 Å². The van der Waals surface area contributed by atoms with Gasteiger partial charge in [0.1, 0.15) is 5.76 Å². The summed E-state index contributed by atoms with van der Waals surface area (Å²) in [6.45, 7) is 4.81.